The molecule has 0 aliphatic carbocycles. The fourth-order valence-electron chi connectivity index (χ4n) is 2.94. The number of sulfonamides is 1. The molecule has 29 heavy (non-hydrogen) atoms. The van der Waals surface area contributed by atoms with Crippen molar-refractivity contribution in [3.05, 3.63) is 28.8 Å². The van der Waals surface area contributed by atoms with Gasteiger partial charge in [-0.05, 0) is 37.0 Å². The zero-order chi connectivity index (χ0) is 21.8. The number of imide groups is 1. The molecule has 1 aromatic carbocycles. The smallest absolute Gasteiger partial charge is 0.340 e. The van der Waals surface area contributed by atoms with Crippen LogP contribution in [0.2, 0.25) is 5.02 Å². The molecule has 0 radical (unpaired) electrons. The van der Waals surface area contributed by atoms with Gasteiger partial charge in [-0.2, -0.15) is 4.31 Å². The standard InChI is InChI=1S/C18H24ClN3O6S/c1-11(2)15(16(23)21-18(20)25)28-17(24)13-10-12(6-7-14(13)19)29(26,27)22-8-4-3-5-9-22/h6-7,10-11,15H,3-5,8-9H2,1-2H3,(H3,20,21,23,25). The van der Waals surface area contributed by atoms with E-state index < -0.39 is 40.0 Å². The Morgan fingerprint density at radius 1 is 1.17 bits per heavy atom. The first kappa shape index (κ1) is 23.1. The van der Waals surface area contributed by atoms with Crippen LogP contribution in [0.3, 0.4) is 0 Å². The van der Waals surface area contributed by atoms with E-state index in [-0.39, 0.29) is 15.5 Å². The summed E-state index contributed by atoms with van der Waals surface area (Å²) in [5.74, 6) is -2.34. The van der Waals surface area contributed by atoms with E-state index in [1.165, 1.54) is 16.4 Å². The molecule has 1 aliphatic rings. The lowest BCUT2D eigenvalue weighted by Gasteiger charge is -2.26. The summed E-state index contributed by atoms with van der Waals surface area (Å²) in [7, 11) is -3.79. The molecule has 1 aromatic rings. The molecule has 0 bridgehead atoms. The average Bonchev–Trinajstić information content (AvgIpc) is 2.65. The maximum absolute atomic E-state index is 12.8. The molecule has 1 aliphatic heterocycles. The van der Waals surface area contributed by atoms with Crippen LogP contribution < -0.4 is 11.1 Å². The van der Waals surface area contributed by atoms with Crippen molar-refractivity contribution < 1.29 is 27.5 Å². The molecule has 1 atom stereocenters. The zero-order valence-corrected chi connectivity index (χ0v) is 17.8. The van der Waals surface area contributed by atoms with Crippen LogP contribution in [-0.2, 0) is 19.6 Å². The molecule has 1 heterocycles. The van der Waals surface area contributed by atoms with Gasteiger partial charge in [0.25, 0.3) is 5.91 Å². The number of amides is 3. The van der Waals surface area contributed by atoms with Crippen molar-refractivity contribution in [2.45, 2.75) is 44.1 Å². The Kier molecular flexibility index (Phi) is 7.61. The van der Waals surface area contributed by atoms with Crippen LogP contribution in [0.4, 0.5) is 4.79 Å². The van der Waals surface area contributed by atoms with Crippen molar-refractivity contribution in [2.75, 3.05) is 13.1 Å². The summed E-state index contributed by atoms with van der Waals surface area (Å²) in [6.07, 6.45) is 1.20. The van der Waals surface area contributed by atoms with Gasteiger partial charge in [0.05, 0.1) is 15.5 Å². The van der Waals surface area contributed by atoms with Gasteiger partial charge in [-0.1, -0.05) is 31.9 Å². The van der Waals surface area contributed by atoms with Crippen LogP contribution in [0.15, 0.2) is 23.1 Å². The predicted molar refractivity (Wildman–Crippen MR) is 106 cm³/mol. The second kappa shape index (κ2) is 9.55. The molecule has 160 valence electrons. The number of carbonyl (C=O) groups excluding carboxylic acids is 3. The highest BCUT2D eigenvalue weighted by Crippen LogP contribution is 2.26. The molecule has 0 spiro atoms. The van der Waals surface area contributed by atoms with E-state index in [2.05, 4.69) is 0 Å². The highest BCUT2D eigenvalue weighted by molar-refractivity contribution is 7.89. The Morgan fingerprint density at radius 3 is 2.34 bits per heavy atom. The summed E-state index contributed by atoms with van der Waals surface area (Å²) < 4.78 is 32.3. The van der Waals surface area contributed by atoms with Gasteiger partial charge in [0.2, 0.25) is 10.0 Å². The van der Waals surface area contributed by atoms with Gasteiger partial charge in [-0.3, -0.25) is 10.1 Å². The van der Waals surface area contributed by atoms with E-state index in [0.717, 1.165) is 25.3 Å². The number of primary amides is 1. The number of halogens is 1. The second-order valence-electron chi connectivity index (χ2n) is 7.03. The number of ether oxygens (including phenoxy) is 1. The minimum absolute atomic E-state index is 0.0228. The van der Waals surface area contributed by atoms with Crippen LogP contribution in [0, 0.1) is 5.92 Å². The molecule has 2 rings (SSSR count). The van der Waals surface area contributed by atoms with Crippen molar-refractivity contribution in [2.24, 2.45) is 11.7 Å². The first-order valence-corrected chi connectivity index (χ1v) is 11.0. The van der Waals surface area contributed by atoms with Gasteiger partial charge in [-0.25, -0.2) is 18.0 Å². The number of nitrogens with zero attached hydrogens (tertiary/aromatic N) is 1. The number of hydrogen-bond donors (Lipinski definition) is 2. The number of nitrogens with one attached hydrogen (secondary N) is 1. The van der Waals surface area contributed by atoms with Crippen LogP contribution in [0.1, 0.15) is 43.5 Å². The molecular weight excluding hydrogens is 422 g/mol. The highest BCUT2D eigenvalue weighted by atomic mass is 35.5. The lowest BCUT2D eigenvalue weighted by atomic mass is 10.1. The minimum atomic E-state index is -3.79. The summed E-state index contributed by atoms with van der Waals surface area (Å²) in [6, 6.07) is 2.67. The number of carbonyl (C=O) groups is 3. The predicted octanol–water partition coefficient (Wildman–Crippen LogP) is 1.89. The monoisotopic (exact) mass is 445 g/mol. The van der Waals surface area contributed by atoms with E-state index in [1.807, 2.05) is 5.32 Å². The second-order valence-corrected chi connectivity index (χ2v) is 9.37. The molecule has 1 fully saturated rings. The molecule has 3 amide bonds. The van der Waals surface area contributed by atoms with E-state index >= 15 is 0 Å². The lowest BCUT2D eigenvalue weighted by Crippen LogP contribution is -2.45. The maximum Gasteiger partial charge on any atom is 0.340 e. The molecule has 9 nitrogen and oxygen atoms in total. The van der Waals surface area contributed by atoms with E-state index in [1.54, 1.807) is 13.8 Å². The summed E-state index contributed by atoms with van der Waals surface area (Å²) >= 11 is 6.07. The van der Waals surface area contributed by atoms with Gasteiger partial charge >= 0.3 is 12.0 Å². The van der Waals surface area contributed by atoms with Crippen molar-refractivity contribution in [3.8, 4) is 0 Å². The molecule has 1 saturated heterocycles. The van der Waals surface area contributed by atoms with E-state index in [0.29, 0.717) is 13.1 Å². The minimum Gasteiger partial charge on any atom is -0.448 e. The fraction of sp³-hybridized carbons (Fsp3) is 0.500. The average molecular weight is 446 g/mol. The zero-order valence-electron chi connectivity index (χ0n) is 16.2. The number of esters is 1. The van der Waals surface area contributed by atoms with Crippen LogP contribution >= 0.6 is 11.6 Å². The quantitative estimate of drug-likeness (QED) is 0.641. The Labute approximate surface area is 174 Å². The maximum atomic E-state index is 12.8. The van der Waals surface area contributed by atoms with Gasteiger partial charge in [0.1, 0.15) is 0 Å². The molecule has 11 heteroatoms. The van der Waals surface area contributed by atoms with Crippen molar-refractivity contribution in [1.82, 2.24) is 9.62 Å². The largest absolute Gasteiger partial charge is 0.448 e. The summed E-state index contributed by atoms with van der Waals surface area (Å²) in [5, 5.41) is 1.84. The first-order chi connectivity index (χ1) is 13.5. The number of nitrogens with two attached hydrogens (primary N) is 1. The Bertz CT molecular complexity index is 897. The summed E-state index contributed by atoms with van der Waals surface area (Å²) in [5.41, 5.74) is 4.74. The molecular formula is C18H24ClN3O6S. The van der Waals surface area contributed by atoms with Gasteiger partial charge in [-0.15, -0.1) is 0 Å². The van der Waals surface area contributed by atoms with E-state index in [4.69, 9.17) is 22.1 Å². The number of piperidine rings is 1. The third-order valence-electron chi connectivity index (χ3n) is 4.45. The topological polar surface area (TPSA) is 136 Å². The third-order valence-corrected chi connectivity index (χ3v) is 6.68. The number of hydrogen-bond acceptors (Lipinski definition) is 6. The lowest BCUT2D eigenvalue weighted by molar-refractivity contribution is -0.130. The SMILES string of the molecule is CC(C)C(OC(=O)c1cc(S(=O)(=O)N2CCCCC2)ccc1Cl)C(=O)NC(N)=O. The highest BCUT2D eigenvalue weighted by Gasteiger charge is 2.31. The Hall–Kier alpha value is -2.17. The van der Waals surface area contributed by atoms with Crippen LogP contribution in [0.5, 0.6) is 0 Å². The van der Waals surface area contributed by atoms with Crippen LogP contribution in [0.25, 0.3) is 0 Å². The molecule has 3 N–H and O–H groups in total. The Morgan fingerprint density at radius 2 is 1.79 bits per heavy atom. The molecule has 0 aromatic heterocycles. The summed E-state index contributed by atoms with van der Waals surface area (Å²) in [6.45, 7) is 4.04. The normalized spacial score (nSPS) is 16.3. The number of rotatable bonds is 6. The fourth-order valence-corrected chi connectivity index (χ4v) is 4.68. The van der Waals surface area contributed by atoms with Crippen molar-refractivity contribution in [3.63, 3.8) is 0 Å². The molecule has 1 unspecified atom stereocenters. The number of benzene rings is 1. The van der Waals surface area contributed by atoms with Crippen LogP contribution in [-0.4, -0.2) is 49.8 Å². The Balaban J connectivity index is 2.29. The van der Waals surface area contributed by atoms with E-state index in [9.17, 15) is 22.8 Å². The van der Waals surface area contributed by atoms with Gasteiger partial charge in [0.15, 0.2) is 6.10 Å². The third kappa shape index (κ3) is 5.68. The summed E-state index contributed by atoms with van der Waals surface area (Å²) in [4.78, 5) is 35.5. The van der Waals surface area contributed by atoms with Gasteiger partial charge < -0.3 is 10.5 Å². The molecule has 0 saturated carbocycles. The van der Waals surface area contributed by atoms with Crippen molar-refractivity contribution >= 4 is 39.5 Å². The number of urea groups is 1. The first-order valence-electron chi connectivity index (χ1n) is 9.15. The van der Waals surface area contributed by atoms with Crippen molar-refractivity contribution in [1.29, 1.82) is 0 Å². The van der Waals surface area contributed by atoms with Gasteiger partial charge in [0, 0.05) is 13.1 Å².